The maximum Gasteiger partial charge on any atom is 0.0641 e. The third-order valence-corrected chi connectivity index (χ3v) is 3.30. The SMILES string of the molecule is CCCN(CCO)Cc1c(C)nn(CCC)c1C. The van der Waals surface area contributed by atoms with Crippen molar-refractivity contribution in [1.29, 1.82) is 0 Å². The van der Waals surface area contributed by atoms with Crippen LogP contribution in [0, 0.1) is 13.8 Å². The van der Waals surface area contributed by atoms with Crippen molar-refractivity contribution >= 4 is 0 Å². The van der Waals surface area contributed by atoms with Crippen molar-refractivity contribution in [1.82, 2.24) is 14.7 Å². The molecular formula is C14H27N3O. The monoisotopic (exact) mass is 253 g/mol. The van der Waals surface area contributed by atoms with Crippen LogP contribution in [0.25, 0.3) is 0 Å². The standard InChI is InChI=1S/C14H27N3O/c1-5-7-16(9-10-18)11-14-12(3)15-17(8-6-2)13(14)4/h18H,5-11H2,1-4H3. The first-order valence-corrected chi connectivity index (χ1v) is 7.00. The fourth-order valence-electron chi connectivity index (χ4n) is 2.34. The lowest BCUT2D eigenvalue weighted by molar-refractivity contribution is 0.190. The van der Waals surface area contributed by atoms with Crippen LogP contribution in [0.15, 0.2) is 0 Å². The lowest BCUT2D eigenvalue weighted by atomic mass is 10.2. The number of aryl methyl sites for hydroxylation is 2. The summed E-state index contributed by atoms with van der Waals surface area (Å²) in [5, 5.41) is 13.7. The van der Waals surface area contributed by atoms with Crippen LogP contribution in [0.2, 0.25) is 0 Å². The highest BCUT2D eigenvalue weighted by molar-refractivity contribution is 5.24. The summed E-state index contributed by atoms with van der Waals surface area (Å²) >= 11 is 0. The van der Waals surface area contributed by atoms with Crippen LogP contribution in [0.4, 0.5) is 0 Å². The number of aromatic nitrogens is 2. The Balaban J connectivity index is 2.81. The van der Waals surface area contributed by atoms with Crippen LogP contribution < -0.4 is 0 Å². The molecule has 0 aromatic carbocycles. The molecule has 0 amide bonds. The summed E-state index contributed by atoms with van der Waals surface area (Å²) in [4.78, 5) is 2.30. The number of rotatable bonds is 8. The molecule has 0 atom stereocenters. The van der Waals surface area contributed by atoms with Crippen molar-refractivity contribution in [2.45, 2.75) is 53.6 Å². The van der Waals surface area contributed by atoms with Gasteiger partial charge in [0.15, 0.2) is 0 Å². The maximum absolute atomic E-state index is 9.11. The normalized spacial score (nSPS) is 11.4. The average Bonchev–Trinajstić information content (AvgIpc) is 2.58. The molecule has 1 rings (SSSR count). The number of hydrogen-bond acceptors (Lipinski definition) is 3. The molecule has 0 saturated carbocycles. The second-order valence-corrected chi connectivity index (χ2v) is 4.87. The summed E-state index contributed by atoms with van der Waals surface area (Å²) in [6, 6.07) is 0. The topological polar surface area (TPSA) is 41.3 Å². The predicted octanol–water partition coefficient (Wildman–Crippen LogP) is 2.11. The Morgan fingerprint density at radius 3 is 2.44 bits per heavy atom. The summed E-state index contributed by atoms with van der Waals surface area (Å²) < 4.78 is 2.10. The quantitative estimate of drug-likeness (QED) is 0.771. The van der Waals surface area contributed by atoms with Crippen LogP contribution in [0.3, 0.4) is 0 Å². The predicted molar refractivity (Wildman–Crippen MR) is 74.6 cm³/mol. The van der Waals surface area contributed by atoms with Gasteiger partial charge in [0.1, 0.15) is 0 Å². The molecule has 0 aliphatic carbocycles. The molecule has 104 valence electrons. The Bertz CT molecular complexity index is 354. The lowest BCUT2D eigenvalue weighted by Crippen LogP contribution is -2.27. The van der Waals surface area contributed by atoms with Crippen LogP contribution in [0.1, 0.15) is 43.6 Å². The van der Waals surface area contributed by atoms with Crippen LogP contribution in [0.5, 0.6) is 0 Å². The molecule has 1 aromatic rings. The van der Waals surface area contributed by atoms with Gasteiger partial charge in [-0.05, 0) is 33.2 Å². The van der Waals surface area contributed by atoms with Gasteiger partial charge in [0.25, 0.3) is 0 Å². The number of aliphatic hydroxyl groups excluding tert-OH is 1. The van der Waals surface area contributed by atoms with E-state index in [1.807, 2.05) is 0 Å². The van der Waals surface area contributed by atoms with Gasteiger partial charge in [-0.1, -0.05) is 13.8 Å². The number of aliphatic hydroxyl groups is 1. The largest absolute Gasteiger partial charge is 0.395 e. The minimum atomic E-state index is 0.223. The second kappa shape index (κ2) is 7.54. The Labute approximate surface area is 111 Å². The Hall–Kier alpha value is -0.870. The summed E-state index contributed by atoms with van der Waals surface area (Å²) in [7, 11) is 0. The van der Waals surface area contributed by atoms with E-state index in [0.29, 0.717) is 0 Å². The molecule has 0 radical (unpaired) electrons. The summed E-state index contributed by atoms with van der Waals surface area (Å²) in [6.07, 6.45) is 2.22. The Morgan fingerprint density at radius 1 is 1.17 bits per heavy atom. The van der Waals surface area contributed by atoms with Gasteiger partial charge in [-0.3, -0.25) is 9.58 Å². The van der Waals surface area contributed by atoms with E-state index >= 15 is 0 Å². The molecule has 1 heterocycles. The van der Waals surface area contributed by atoms with Crippen molar-refractivity contribution in [2.75, 3.05) is 19.7 Å². The van der Waals surface area contributed by atoms with Crippen LogP contribution >= 0.6 is 0 Å². The number of nitrogens with zero attached hydrogens (tertiary/aromatic N) is 3. The molecule has 4 heteroatoms. The fourth-order valence-corrected chi connectivity index (χ4v) is 2.34. The minimum absolute atomic E-state index is 0.223. The van der Waals surface area contributed by atoms with E-state index in [1.165, 1.54) is 11.3 Å². The van der Waals surface area contributed by atoms with Gasteiger partial charge >= 0.3 is 0 Å². The van der Waals surface area contributed by atoms with E-state index in [-0.39, 0.29) is 6.61 Å². The minimum Gasteiger partial charge on any atom is -0.395 e. The van der Waals surface area contributed by atoms with E-state index < -0.39 is 0 Å². The number of hydrogen-bond donors (Lipinski definition) is 1. The molecule has 18 heavy (non-hydrogen) atoms. The smallest absolute Gasteiger partial charge is 0.0641 e. The van der Waals surface area contributed by atoms with Crippen molar-refractivity contribution < 1.29 is 5.11 Å². The molecule has 0 aliphatic rings. The van der Waals surface area contributed by atoms with Gasteiger partial charge < -0.3 is 5.11 Å². The summed E-state index contributed by atoms with van der Waals surface area (Å²) in [5.74, 6) is 0. The zero-order chi connectivity index (χ0) is 13.5. The Morgan fingerprint density at radius 2 is 1.89 bits per heavy atom. The van der Waals surface area contributed by atoms with E-state index in [1.54, 1.807) is 0 Å². The van der Waals surface area contributed by atoms with Crippen LogP contribution in [-0.4, -0.2) is 39.5 Å². The first kappa shape index (κ1) is 15.2. The van der Waals surface area contributed by atoms with Gasteiger partial charge in [0, 0.05) is 30.9 Å². The first-order valence-electron chi connectivity index (χ1n) is 7.00. The molecular weight excluding hydrogens is 226 g/mol. The van der Waals surface area contributed by atoms with E-state index in [0.717, 1.165) is 44.7 Å². The molecule has 0 fully saturated rings. The third-order valence-electron chi connectivity index (χ3n) is 3.30. The molecule has 0 unspecified atom stereocenters. The van der Waals surface area contributed by atoms with Gasteiger partial charge in [0.05, 0.1) is 12.3 Å². The van der Waals surface area contributed by atoms with E-state index in [2.05, 4.69) is 42.4 Å². The van der Waals surface area contributed by atoms with Crippen LogP contribution in [-0.2, 0) is 13.1 Å². The first-order chi connectivity index (χ1) is 8.63. The highest BCUT2D eigenvalue weighted by atomic mass is 16.3. The van der Waals surface area contributed by atoms with Gasteiger partial charge in [-0.25, -0.2) is 0 Å². The molecule has 0 saturated heterocycles. The van der Waals surface area contributed by atoms with Gasteiger partial charge in [-0.2, -0.15) is 5.10 Å². The molecule has 1 N–H and O–H groups in total. The molecule has 0 spiro atoms. The molecule has 1 aromatic heterocycles. The molecule has 0 bridgehead atoms. The zero-order valence-electron chi connectivity index (χ0n) is 12.2. The fraction of sp³-hybridized carbons (Fsp3) is 0.786. The molecule has 0 aliphatic heterocycles. The van der Waals surface area contributed by atoms with E-state index in [4.69, 9.17) is 5.11 Å². The molecule has 4 nitrogen and oxygen atoms in total. The van der Waals surface area contributed by atoms with Gasteiger partial charge in [-0.15, -0.1) is 0 Å². The highest BCUT2D eigenvalue weighted by Gasteiger charge is 2.14. The maximum atomic E-state index is 9.11. The van der Waals surface area contributed by atoms with Crippen molar-refractivity contribution in [3.8, 4) is 0 Å². The summed E-state index contributed by atoms with van der Waals surface area (Å²) in [6.45, 7) is 12.4. The average molecular weight is 253 g/mol. The zero-order valence-corrected chi connectivity index (χ0v) is 12.2. The van der Waals surface area contributed by atoms with E-state index in [9.17, 15) is 0 Å². The highest BCUT2D eigenvalue weighted by Crippen LogP contribution is 2.16. The van der Waals surface area contributed by atoms with Gasteiger partial charge in [0.2, 0.25) is 0 Å². The lowest BCUT2D eigenvalue weighted by Gasteiger charge is -2.20. The summed E-state index contributed by atoms with van der Waals surface area (Å²) in [5.41, 5.74) is 3.72. The third kappa shape index (κ3) is 3.82. The second-order valence-electron chi connectivity index (χ2n) is 4.87. The van der Waals surface area contributed by atoms with Crippen molar-refractivity contribution in [3.63, 3.8) is 0 Å². The van der Waals surface area contributed by atoms with Crippen molar-refractivity contribution in [2.24, 2.45) is 0 Å². The Kier molecular flexibility index (Phi) is 6.36. The van der Waals surface area contributed by atoms with Crippen molar-refractivity contribution in [3.05, 3.63) is 17.0 Å².